The van der Waals surface area contributed by atoms with Crippen LogP contribution in [0.25, 0.3) is 6.08 Å². The molecule has 8 heteroatoms. The molecular weight excluding hydrogens is 390 g/mol. The standard InChI is InChI=1S/C21H27N3O4S/c1-14-12-16(15(2)24(14)17-7-8-17)6-11-21(25)22-19-13-18(9-10-20(19)28-5)29(26,27)23(3)4/h6,9-13,17H,7-8H2,1-5H3,(H,22,25)/b11-6+. The monoisotopic (exact) mass is 417 g/mol. The number of ether oxygens (including phenoxy) is 1. The van der Waals surface area contributed by atoms with Gasteiger partial charge in [0.2, 0.25) is 15.9 Å². The number of sulfonamides is 1. The Bertz CT molecular complexity index is 1060. The highest BCUT2D eigenvalue weighted by molar-refractivity contribution is 7.89. The van der Waals surface area contributed by atoms with Crippen molar-refractivity contribution in [1.82, 2.24) is 8.87 Å². The van der Waals surface area contributed by atoms with Gasteiger partial charge in [-0.05, 0) is 62.6 Å². The van der Waals surface area contributed by atoms with E-state index >= 15 is 0 Å². The van der Waals surface area contributed by atoms with Gasteiger partial charge in [0, 0.05) is 37.6 Å². The summed E-state index contributed by atoms with van der Waals surface area (Å²) >= 11 is 0. The number of benzene rings is 1. The first-order valence-electron chi connectivity index (χ1n) is 9.43. The lowest BCUT2D eigenvalue weighted by Crippen LogP contribution is -2.22. The normalized spacial score (nSPS) is 14.6. The second-order valence-corrected chi connectivity index (χ2v) is 9.55. The molecule has 0 bridgehead atoms. The molecule has 1 aromatic carbocycles. The SMILES string of the molecule is COc1ccc(S(=O)(=O)N(C)C)cc1NC(=O)/C=C/c1cc(C)n(C2CC2)c1C. The summed E-state index contributed by atoms with van der Waals surface area (Å²) < 4.78 is 33.4. The second kappa shape index (κ2) is 8.04. The van der Waals surface area contributed by atoms with Crippen molar-refractivity contribution < 1.29 is 17.9 Å². The summed E-state index contributed by atoms with van der Waals surface area (Å²) in [5.74, 6) is 0.0234. The van der Waals surface area contributed by atoms with E-state index in [0.717, 1.165) is 15.6 Å². The molecule has 1 N–H and O–H groups in total. The van der Waals surface area contributed by atoms with Crippen molar-refractivity contribution in [3.8, 4) is 5.75 Å². The molecule has 0 radical (unpaired) electrons. The molecule has 3 rings (SSSR count). The number of hydrogen-bond acceptors (Lipinski definition) is 4. The Morgan fingerprint density at radius 2 is 1.93 bits per heavy atom. The van der Waals surface area contributed by atoms with Gasteiger partial charge in [0.15, 0.2) is 0 Å². The van der Waals surface area contributed by atoms with E-state index < -0.39 is 10.0 Å². The first-order valence-corrected chi connectivity index (χ1v) is 10.9. The van der Waals surface area contributed by atoms with Gasteiger partial charge in [0.05, 0.1) is 17.7 Å². The number of anilines is 1. The highest BCUT2D eigenvalue weighted by Gasteiger charge is 2.26. The van der Waals surface area contributed by atoms with Crippen LogP contribution in [0.1, 0.15) is 35.8 Å². The Morgan fingerprint density at radius 3 is 2.52 bits per heavy atom. The van der Waals surface area contributed by atoms with Gasteiger partial charge in [0.25, 0.3) is 0 Å². The number of rotatable bonds is 7. The van der Waals surface area contributed by atoms with Gasteiger partial charge in [-0.25, -0.2) is 12.7 Å². The Morgan fingerprint density at radius 1 is 1.24 bits per heavy atom. The van der Waals surface area contributed by atoms with Gasteiger partial charge < -0.3 is 14.6 Å². The summed E-state index contributed by atoms with van der Waals surface area (Å²) in [6, 6.07) is 7.03. The third-order valence-electron chi connectivity index (χ3n) is 5.06. The fourth-order valence-corrected chi connectivity index (χ4v) is 4.29. The molecule has 29 heavy (non-hydrogen) atoms. The Hall–Kier alpha value is -2.58. The zero-order valence-corrected chi connectivity index (χ0v) is 18.2. The number of aryl methyl sites for hydroxylation is 1. The number of amides is 1. The van der Waals surface area contributed by atoms with Crippen LogP contribution < -0.4 is 10.1 Å². The van der Waals surface area contributed by atoms with Gasteiger partial charge in [-0.3, -0.25) is 4.79 Å². The average Bonchev–Trinajstić information content (AvgIpc) is 3.45. The lowest BCUT2D eigenvalue weighted by atomic mass is 10.2. The summed E-state index contributed by atoms with van der Waals surface area (Å²) in [4.78, 5) is 12.6. The highest BCUT2D eigenvalue weighted by Crippen LogP contribution is 2.38. The van der Waals surface area contributed by atoms with E-state index in [1.54, 1.807) is 6.08 Å². The summed E-state index contributed by atoms with van der Waals surface area (Å²) in [7, 11) is 0.760. The maximum atomic E-state index is 12.5. The molecule has 1 aromatic heterocycles. The van der Waals surface area contributed by atoms with Crippen LogP contribution in [0.2, 0.25) is 0 Å². The molecule has 1 aliphatic carbocycles. The smallest absolute Gasteiger partial charge is 0.248 e. The lowest BCUT2D eigenvalue weighted by Gasteiger charge is -2.14. The fourth-order valence-electron chi connectivity index (χ4n) is 3.36. The minimum absolute atomic E-state index is 0.0792. The van der Waals surface area contributed by atoms with Gasteiger partial charge in [-0.15, -0.1) is 0 Å². The number of hydrogen-bond donors (Lipinski definition) is 1. The third kappa shape index (κ3) is 4.38. The zero-order valence-electron chi connectivity index (χ0n) is 17.4. The number of nitrogens with zero attached hydrogens (tertiary/aromatic N) is 2. The van der Waals surface area contributed by atoms with Crippen molar-refractivity contribution in [3.63, 3.8) is 0 Å². The molecule has 0 spiro atoms. The van der Waals surface area contributed by atoms with E-state index in [-0.39, 0.29) is 10.8 Å². The van der Waals surface area contributed by atoms with Crippen molar-refractivity contribution >= 4 is 27.7 Å². The summed E-state index contributed by atoms with van der Waals surface area (Å²) in [5.41, 5.74) is 3.63. The third-order valence-corrected chi connectivity index (χ3v) is 6.87. The molecule has 1 saturated carbocycles. The summed E-state index contributed by atoms with van der Waals surface area (Å²) in [5, 5.41) is 2.72. The first-order chi connectivity index (χ1) is 13.6. The van der Waals surface area contributed by atoms with E-state index in [1.165, 1.54) is 64.0 Å². The quantitative estimate of drug-likeness (QED) is 0.701. The minimum atomic E-state index is -3.62. The van der Waals surface area contributed by atoms with Crippen LogP contribution in [-0.2, 0) is 14.8 Å². The Balaban J connectivity index is 1.81. The zero-order chi connectivity index (χ0) is 21.3. The maximum absolute atomic E-state index is 12.5. The van der Waals surface area contributed by atoms with E-state index in [2.05, 4.69) is 29.8 Å². The first kappa shape index (κ1) is 21.1. The van der Waals surface area contributed by atoms with Crippen LogP contribution in [0.15, 0.2) is 35.2 Å². The molecule has 1 aliphatic rings. The molecule has 0 saturated heterocycles. The predicted molar refractivity (Wildman–Crippen MR) is 114 cm³/mol. The predicted octanol–water partition coefficient (Wildman–Crippen LogP) is 3.35. The number of nitrogens with one attached hydrogen (secondary N) is 1. The highest BCUT2D eigenvalue weighted by atomic mass is 32.2. The molecule has 0 aliphatic heterocycles. The molecule has 156 valence electrons. The van der Waals surface area contributed by atoms with Crippen molar-refractivity contribution in [2.45, 2.75) is 37.6 Å². The van der Waals surface area contributed by atoms with Crippen LogP contribution >= 0.6 is 0 Å². The summed E-state index contributed by atoms with van der Waals surface area (Å²) in [6.45, 7) is 4.13. The molecule has 7 nitrogen and oxygen atoms in total. The average molecular weight is 418 g/mol. The molecule has 1 fully saturated rings. The molecule has 1 amide bonds. The van der Waals surface area contributed by atoms with Gasteiger partial charge >= 0.3 is 0 Å². The van der Waals surface area contributed by atoms with Gasteiger partial charge in [-0.1, -0.05) is 0 Å². The minimum Gasteiger partial charge on any atom is -0.495 e. The fraction of sp³-hybridized carbons (Fsp3) is 0.381. The lowest BCUT2D eigenvalue weighted by molar-refractivity contribution is -0.111. The maximum Gasteiger partial charge on any atom is 0.248 e. The molecule has 0 atom stereocenters. The van der Waals surface area contributed by atoms with Crippen molar-refractivity contribution in [1.29, 1.82) is 0 Å². The van der Waals surface area contributed by atoms with Crippen LogP contribution in [0, 0.1) is 13.8 Å². The molecular formula is C21H27N3O4S. The number of methoxy groups -OCH3 is 1. The van der Waals surface area contributed by atoms with Crippen molar-refractivity contribution in [2.24, 2.45) is 0 Å². The largest absolute Gasteiger partial charge is 0.495 e. The van der Waals surface area contributed by atoms with Crippen LogP contribution in [0.5, 0.6) is 5.75 Å². The molecule has 2 aromatic rings. The number of aromatic nitrogens is 1. The second-order valence-electron chi connectivity index (χ2n) is 7.40. The van der Waals surface area contributed by atoms with Crippen LogP contribution in [-0.4, -0.2) is 44.4 Å². The van der Waals surface area contributed by atoms with Crippen LogP contribution in [0.3, 0.4) is 0 Å². The molecule has 0 unspecified atom stereocenters. The number of carbonyl (C=O) groups excluding carboxylic acids is 1. The Labute approximate surface area is 172 Å². The number of carbonyl (C=O) groups is 1. The van der Waals surface area contributed by atoms with Crippen molar-refractivity contribution in [2.75, 3.05) is 26.5 Å². The molecule has 1 heterocycles. The van der Waals surface area contributed by atoms with E-state index in [1.807, 2.05) is 0 Å². The summed E-state index contributed by atoms with van der Waals surface area (Å²) in [6.07, 6.45) is 5.63. The van der Waals surface area contributed by atoms with Crippen LogP contribution in [0.4, 0.5) is 5.69 Å². The van der Waals surface area contributed by atoms with E-state index in [0.29, 0.717) is 17.5 Å². The van der Waals surface area contributed by atoms with Crippen molar-refractivity contribution in [3.05, 3.63) is 47.3 Å². The Kier molecular flexibility index (Phi) is 5.86. The van der Waals surface area contributed by atoms with E-state index in [4.69, 9.17) is 4.74 Å². The van der Waals surface area contributed by atoms with Gasteiger partial charge in [0.1, 0.15) is 5.75 Å². The van der Waals surface area contributed by atoms with E-state index in [9.17, 15) is 13.2 Å². The topological polar surface area (TPSA) is 80.6 Å². The van der Waals surface area contributed by atoms with Gasteiger partial charge in [-0.2, -0.15) is 0 Å².